The molecule has 10 nitrogen and oxygen atoms in total. The van der Waals surface area contributed by atoms with Crippen LogP contribution in [0.15, 0.2) is 79.3 Å². The van der Waals surface area contributed by atoms with Gasteiger partial charge in [0.1, 0.15) is 11.6 Å². The van der Waals surface area contributed by atoms with Crippen LogP contribution in [0.5, 0.6) is 0 Å². The lowest BCUT2D eigenvalue weighted by atomic mass is 10.1. The van der Waals surface area contributed by atoms with Gasteiger partial charge in [-0.05, 0) is 47.9 Å². The Balaban J connectivity index is 0.000000140. The van der Waals surface area contributed by atoms with E-state index in [0.717, 1.165) is 21.5 Å². The molecule has 202 valence electrons. The van der Waals surface area contributed by atoms with Crippen LogP contribution in [0.25, 0.3) is 32.3 Å². The molecule has 0 spiro atoms. The average molecular weight is 596 g/mol. The van der Waals surface area contributed by atoms with Crippen molar-refractivity contribution in [3.05, 3.63) is 104 Å². The van der Waals surface area contributed by atoms with Crippen LogP contribution < -0.4 is 22.9 Å². The quantitative estimate of drug-likeness (QED) is 0.116. The molecule has 0 saturated carbocycles. The van der Waals surface area contributed by atoms with E-state index in [0.29, 0.717) is 43.2 Å². The average Bonchev–Trinajstić information content (AvgIpc) is 2.91. The second kappa shape index (κ2) is 12.0. The molecule has 0 aliphatic rings. The van der Waals surface area contributed by atoms with Crippen LogP contribution in [-0.2, 0) is 0 Å². The number of nitrogen functional groups attached to an aromatic ring is 4. The maximum atomic E-state index is 10.8. The predicted octanol–water partition coefficient (Wildman–Crippen LogP) is 6.90. The number of nitrogens with zero attached hydrogens (tertiary/aromatic N) is 4. The van der Waals surface area contributed by atoms with Crippen molar-refractivity contribution in [1.82, 2.24) is 15.0 Å². The number of hydrogen-bond donors (Lipinski definition) is 4. The number of aromatic nitrogens is 3. The van der Waals surface area contributed by atoms with Gasteiger partial charge in [-0.15, -0.1) is 0 Å². The lowest BCUT2D eigenvalue weighted by molar-refractivity contribution is -0.382. The lowest BCUT2D eigenvalue weighted by Gasteiger charge is -2.03. The van der Waals surface area contributed by atoms with Gasteiger partial charge in [-0.25, -0.2) is 15.0 Å². The fourth-order valence-corrected chi connectivity index (χ4v) is 4.25. The third kappa shape index (κ3) is 6.49. The Labute approximate surface area is 242 Å². The normalized spacial score (nSPS) is 10.5. The monoisotopic (exact) mass is 594 g/mol. The Morgan fingerprint density at radius 1 is 0.600 bits per heavy atom. The molecule has 0 saturated heterocycles. The van der Waals surface area contributed by atoms with Crippen LogP contribution in [0.3, 0.4) is 0 Å². The molecule has 0 aliphatic carbocycles. The van der Waals surface area contributed by atoms with E-state index >= 15 is 0 Å². The zero-order chi connectivity index (χ0) is 29.0. The molecule has 0 radical (unpaired) electrons. The molecule has 6 aromatic rings. The Morgan fingerprint density at radius 2 is 1.10 bits per heavy atom. The Bertz CT molecular complexity index is 1840. The Kier molecular flexibility index (Phi) is 8.54. The first-order chi connectivity index (χ1) is 19.0. The molecule has 0 fully saturated rings. The summed E-state index contributed by atoms with van der Waals surface area (Å²) in [6.07, 6.45) is 4.90. The number of benzene rings is 3. The maximum Gasteiger partial charge on any atom is 0.318 e. The predicted molar refractivity (Wildman–Crippen MR) is 165 cm³/mol. The fraction of sp³-hybridized carbons (Fsp3) is 0. The summed E-state index contributed by atoms with van der Waals surface area (Å²) < 4.78 is 0. The minimum Gasteiger partial charge on any atom is -0.395 e. The van der Waals surface area contributed by atoms with Crippen LogP contribution in [0, 0.1) is 10.1 Å². The first-order valence-electron chi connectivity index (χ1n) is 11.4. The highest BCUT2D eigenvalue weighted by Crippen LogP contribution is 2.31. The largest absolute Gasteiger partial charge is 0.395 e. The van der Waals surface area contributed by atoms with E-state index < -0.39 is 4.92 Å². The zero-order valence-corrected chi connectivity index (χ0v) is 22.8. The lowest BCUT2D eigenvalue weighted by Crippen LogP contribution is -1.99. The van der Waals surface area contributed by atoms with Gasteiger partial charge in [-0.2, -0.15) is 0 Å². The van der Waals surface area contributed by atoms with Crippen LogP contribution in [0.1, 0.15) is 0 Å². The maximum absolute atomic E-state index is 10.8. The summed E-state index contributed by atoms with van der Waals surface area (Å²) >= 11 is 17.4. The highest BCUT2D eigenvalue weighted by atomic mass is 35.5. The van der Waals surface area contributed by atoms with Crippen LogP contribution in [0.4, 0.5) is 28.8 Å². The second-order valence-corrected chi connectivity index (χ2v) is 9.68. The number of rotatable bonds is 1. The van der Waals surface area contributed by atoms with Crippen LogP contribution >= 0.6 is 34.8 Å². The van der Waals surface area contributed by atoms with E-state index in [1.807, 2.05) is 24.3 Å². The van der Waals surface area contributed by atoms with Gasteiger partial charge >= 0.3 is 5.69 Å². The highest BCUT2D eigenvalue weighted by molar-refractivity contribution is 6.32. The highest BCUT2D eigenvalue weighted by Gasteiger charge is 2.17. The van der Waals surface area contributed by atoms with Gasteiger partial charge < -0.3 is 22.9 Å². The first-order valence-corrected chi connectivity index (χ1v) is 12.5. The van der Waals surface area contributed by atoms with E-state index in [-0.39, 0.29) is 11.5 Å². The van der Waals surface area contributed by atoms with Crippen molar-refractivity contribution in [2.24, 2.45) is 0 Å². The molecular weight excluding hydrogens is 575 g/mol. The minimum atomic E-state index is -0.555. The first kappa shape index (κ1) is 28.4. The Morgan fingerprint density at radius 3 is 1.73 bits per heavy atom. The van der Waals surface area contributed by atoms with Crippen molar-refractivity contribution in [3.8, 4) is 0 Å². The third-order valence-electron chi connectivity index (χ3n) is 5.67. The molecule has 0 bridgehead atoms. The fourth-order valence-electron chi connectivity index (χ4n) is 3.73. The zero-order valence-electron chi connectivity index (χ0n) is 20.6. The summed E-state index contributed by atoms with van der Waals surface area (Å²) in [6, 6.07) is 17.7. The van der Waals surface area contributed by atoms with E-state index in [4.69, 9.17) is 57.7 Å². The molecule has 0 atom stereocenters. The number of hydrogen-bond acceptors (Lipinski definition) is 9. The van der Waals surface area contributed by atoms with Gasteiger partial charge in [0.05, 0.1) is 16.0 Å². The number of anilines is 4. The molecule has 40 heavy (non-hydrogen) atoms. The van der Waals surface area contributed by atoms with Crippen molar-refractivity contribution in [2.45, 2.75) is 0 Å². The van der Waals surface area contributed by atoms with Gasteiger partial charge in [-0.3, -0.25) is 10.1 Å². The molecule has 3 heterocycles. The van der Waals surface area contributed by atoms with E-state index in [1.165, 1.54) is 12.3 Å². The SMILES string of the molecule is Nc1cc2cc(Cl)ccc2cn1.Nc1ncc2ccc(Cl)cc2c1N.Nc1ncc2ccc(Cl)cc2c1[N+](=O)[O-]. The summed E-state index contributed by atoms with van der Waals surface area (Å²) in [5.41, 5.74) is 22.5. The van der Waals surface area contributed by atoms with Crippen molar-refractivity contribution in [2.75, 3.05) is 22.9 Å². The summed E-state index contributed by atoms with van der Waals surface area (Å²) in [5, 5.41) is 17.5. The smallest absolute Gasteiger partial charge is 0.318 e. The standard InChI is InChI=1S/C9H6ClN3O2.C9H8ClN3.C9H7ClN2/c10-6-2-1-5-4-12-9(11)8(13(14)15)7(5)3-6;10-6-2-1-5-4-13-9(12)8(11)7(5)3-6;10-8-2-1-6-5-12-9(11)4-7(6)3-8/h1-4H,(H2,11,12);1-4H,11H2,(H2,12,13);1-5H,(H2,11,12). The molecule has 3 aromatic carbocycles. The van der Waals surface area contributed by atoms with Crippen molar-refractivity contribution in [1.29, 1.82) is 0 Å². The third-order valence-corrected chi connectivity index (χ3v) is 6.37. The number of pyridine rings is 3. The number of nitrogens with two attached hydrogens (primary N) is 4. The van der Waals surface area contributed by atoms with Gasteiger partial charge in [0.15, 0.2) is 0 Å². The number of halogens is 3. The molecule has 0 aliphatic heterocycles. The minimum absolute atomic E-state index is 0.102. The molecular formula is C27H21Cl3N8O2. The van der Waals surface area contributed by atoms with Gasteiger partial charge in [0.25, 0.3) is 0 Å². The van der Waals surface area contributed by atoms with E-state index in [9.17, 15) is 10.1 Å². The molecule has 0 unspecified atom stereocenters. The summed E-state index contributed by atoms with van der Waals surface area (Å²) in [5.74, 6) is 0.759. The summed E-state index contributed by atoms with van der Waals surface area (Å²) in [4.78, 5) is 21.9. The van der Waals surface area contributed by atoms with Gasteiger partial charge in [0, 0.05) is 55.2 Å². The van der Waals surface area contributed by atoms with Crippen molar-refractivity contribution < 1.29 is 4.92 Å². The van der Waals surface area contributed by atoms with Gasteiger partial charge in [-0.1, -0.05) is 53.0 Å². The van der Waals surface area contributed by atoms with Crippen molar-refractivity contribution >= 4 is 95.9 Å². The molecule has 0 amide bonds. The molecule has 13 heteroatoms. The Hall–Kier alpha value is -4.64. The second-order valence-electron chi connectivity index (χ2n) is 8.37. The summed E-state index contributed by atoms with van der Waals surface area (Å²) in [6.45, 7) is 0. The number of fused-ring (bicyclic) bond motifs is 3. The van der Waals surface area contributed by atoms with E-state index in [2.05, 4.69) is 15.0 Å². The topological polar surface area (TPSA) is 186 Å². The van der Waals surface area contributed by atoms with Crippen LogP contribution in [-0.4, -0.2) is 19.9 Å². The van der Waals surface area contributed by atoms with Gasteiger partial charge in [0.2, 0.25) is 5.82 Å². The van der Waals surface area contributed by atoms with Crippen LogP contribution in [0.2, 0.25) is 15.1 Å². The number of nitro groups is 1. The molecule has 6 rings (SSSR count). The molecule has 3 aromatic heterocycles. The van der Waals surface area contributed by atoms with Crippen molar-refractivity contribution in [3.63, 3.8) is 0 Å². The molecule has 8 N–H and O–H groups in total. The summed E-state index contributed by atoms with van der Waals surface area (Å²) in [7, 11) is 0. The van der Waals surface area contributed by atoms with E-state index in [1.54, 1.807) is 42.7 Å².